The van der Waals surface area contributed by atoms with Crippen LogP contribution in [0, 0.1) is 0 Å². The molecule has 186 valence electrons. The van der Waals surface area contributed by atoms with Gasteiger partial charge in [-0.1, -0.05) is 49.0 Å². The molecule has 1 aliphatic heterocycles. The maximum atomic E-state index is 13.1. The van der Waals surface area contributed by atoms with E-state index < -0.39 is 0 Å². The van der Waals surface area contributed by atoms with Crippen LogP contribution in [0.15, 0.2) is 61.3 Å². The third kappa shape index (κ3) is 4.65. The number of fused-ring (bicyclic) bond motifs is 2. The van der Waals surface area contributed by atoms with Gasteiger partial charge in [0.05, 0.1) is 25.8 Å². The first kappa shape index (κ1) is 23.8. The summed E-state index contributed by atoms with van der Waals surface area (Å²) in [5.74, 6) is 0.433. The number of aliphatic hydroxyl groups is 1. The highest BCUT2D eigenvalue weighted by molar-refractivity contribution is 5.94. The average molecular weight is 486 g/mol. The van der Waals surface area contributed by atoms with Crippen molar-refractivity contribution in [2.24, 2.45) is 0 Å². The van der Waals surface area contributed by atoms with Crippen molar-refractivity contribution in [1.82, 2.24) is 25.0 Å². The molecule has 3 heterocycles. The molecular formula is C28H31N5O3. The number of hydrogen-bond donors (Lipinski definition) is 3. The minimum atomic E-state index is -0.191. The highest BCUT2D eigenvalue weighted by Gasteiger charge is 2.28. The van der Waals surface area contributed by atoms with Gasteiger partial charge in [-0.25, -0.2) is 0 Å². The Morgan fingerprint density at radius 3 is 2.83 bits per heavy atom. The first-order valence-electron chi connectivity index (χ1n) is 12.1. The Morgan fingerprint density at radius 1 is 1.22 bits per heavy atom. The minimum absolute atomic E-state index is 0.0205. The molecule has 0 bridgehead atoms. The van der Waals surface area contributed by atoms with Gasteiger partial charge >= 0.3 is 0 Å². The van der Waals surface area contributed by atoms with E-state index in [0.717, 1.165) is 52.8 Å². The molecule has 0 saturated heterocycles. The summed E-state index contributed by atoms with van der Waals surface area (Å²) in [6.07, 6.45) is 2.80. The molecule has 36 heavy (non-hydrogen) atoms. The summed E-state index contributed by atoms with van der Waals surface area (Å²) in [4.78, 5) is 18.9. The number of ether oxygens (including phenoxy) is 1. The van der Waals surface area contributed by atoms with Crippen LogP contribution < -0.4 is 5.32 Å². The van der Waals surface area contributed by atoms with Crippen LogP contribution in [-0.4, -0.2) is 50.9 Å². The molecule has 8 nitrogen and oxygen atoms in total. The summed E-state index contributed by atoms with van der Waals surface area (Å²) in [7, 11) is 1.63. The van der Waals surface area contributed by atoms with Gasteiger partial charge in [0.25, 0.3) is 5.91 Å². The molecule has 8 heteroatoms. The number of aromatic nitrogens is 3. The van der Waals surface area contributed by atoms with Crippen molar-refractivity contribution in [3.63, 3.8) is 0 Å². The van der Waals surface area contributed by atoms with Gasteiger partial charge < -0.3 is 20.1 Å². The zero-order valence-electron chi connectivity index (χ0n) is 20.5. The number of aliphatic hydroxyl groups excluding tert-OH is 1. The van der Waals surface area contributed by atoms with Gasteiger partial charge in [-0.3, -0.25) is 14.4 Å². The third-order valence-corrected chi connectivity index (χ3v) is 6.78. The molecule has 3 N–H and O–H groups in total. The van der Waals surface area contributed by atoms with Crippen LogP contribution in [0.2, 0.25) is 0 Å². The van der Waals surface area contributed by atoms with Gasteiger partial charge in [0, 0.05) is 61.0 Å². The van der Waals surface area contributed by atoms with Crippen molar-refractivity contribution in [3.05, 3.63) is 94.9 Å². The highest BCUT2D eigenvalue weighted by Crippen LogP contribution is 2.29. The fourth-order valence-electron chi connectivity index (χ4n) is 4.93. The highest BCUT2D eigenvalue weighted by atomic mass is 16.5. The maximum Gasteiger partial charge on any atom is 0.272 e. The molecule has 0 radical (unpaired) electrons. The Hall–Kier alpha value is -3.88. The number of rotatable bonds is 9. The number of nitrogens with one attached hydrogen (secondary N) is 2. The second-order valence-electron chi connectivity index (χ2n) is 9.02. The number of aromatic amines is 1. The summed E-state index contributed by atoms with van der Waals surface area (Å²) in [6.45, 7) is 6.99. The minimum Gasteiger partial charge on any atom is -0.497 e. The van der Waals surface area contributed by atoms with E-state index in [4.69, 9.17) is 4.74 Å². The van der Waals surface area contributed by atoms with Gasteiger partial charge in [0.15, 0.2) is 5.69 Å². The van der Waals surface area contributed by atoms with E-state index in [0.29, 0.717) is 31.1 Å². The second-order valence-corrected chi connectivity index (χ2v) is 9.02. The summed E-state index contributed by atoms with van der Waals surface area (Å²) in [5, 5.41) is 18.3. The number of hydrogen-bond acceptors (Lipinski definition) is 5. The topological polar surface area (TPSA) is 95.4 Å². The number of carbonyl (C=O) groups is 1. The quantitative estimate of drug-likeness (QED) is 0.316. The lowest BCUT2D eigenvalue weighted by Gasteiger charge is -2.27. The van der Waals surface area contributed by atoms with Gasteiger partial charge in [0.2, 0.25) is 0 Å². The standard InChI is InChI=1S/C28H31N5O3/c1-19(36-2)22-9-6-10-23-21(16-29-26(22)23)17-32-12-11-25-24(18-32)27(31-33(25)13-14-34)28(35)30-15-20-7-4-3-5-8-20/h3-10,16,29,34H,1,11-15,17-18H2,2H3,(H,30,35). The third-order valence-electron chi connectivity index (χ3n) is 6.78. The van der Waals surface area contributed by atoms with Crippen LogP contribution in [0.1, 0.15) is 38.4 Å². The van der Waals surface area contributed by atoms with Crippen molar-refractivity contribution in [1.29, 1.82) is 0 Å². The number of methoxy groups -OCH3 is 1. The molecule has 0 aliphatic carbocycles. The average Bonchev–Trinajstić information content (AvgIpc) is 3.49. The van der Waals surface area contributed by atoms with Crippen LogP contribution in [0.25, 0.3) is 16.7 Å². The molecule has 1 aliphatic rings. The molecule has 5 rings (SSSR count). The Bertz CT molecular complexity index is 1390. The fourth-order valence-corrected chi connectivity index (χ4v) is 4.93. The largest absolute Gasteiger partial charge is 0.497 e. The number of carbonyl (C=O) groups excluding carboxylic acids is 1. The number of amides is 1. The van der Waals surface area contributed by atoms with Crippen LogP contribution in [0.3, 0.4) is 0 Å². The van der Waals surface area contributed by atoms with Gasteiger partial charge in [-0.05, 0) is 17.2 Å². The van der Waals surface area contributed by atoms with Crippen molar-refractivity contribution in [3.8, 4) is 0 Å². The molecule has 0 unspecified atom stereocenters. The van der Waals surface area contributed by atoms with Crippen LogP contribution in [-0.2, 0) is 37.3 Å². The van der Waals surface area contributed by atoms with E-state index in [1.54, 1.807) is 11.8 Å². The molecule has 0 spiro atoms. The molecule has 1 amide bonds. The lowest BCUT2D eigenvalue weighted by atomic mass is 10.0. The number of para-hydroxylation sites is 1. The first-order chi connectivity index (χ1) is 17.6. The van der Waals surface area contributed by atoms with Crippen molar-refractivity contribution < 1.29 is 14.6 Å². The van der Waals surface area contributed by atoms with Crippen molar-refractivity contribution in [2.45, 2.75) is 32.6 Å². The fraction of sp³-hybridized carbons (Fsp3) is 0.286. The summed E-state index contributed by atoms with van der Waals surface area (Å²) >= 11 is 0. The summed E-state index contributed by atoms with van der Waals surface area (Å²) in [6, 6.07) is 15.9. The van der Waals surface area contributed by atoms with Gasteiger partial charge in [-0.15, -0.1) is 0 Å². The van der Waals surface area contributed by atoms with Crippen molar-refractivity contribution in [2.75, 3.05) is 20.3 Å². The van der Waals surface area contributed by atoms with E-state index in [2.05, 4.69) is 32.9 Å². The zero-order chi connectivity index (χ0) is 25.1. The Labute approximate surface area is 210 Å². The number of H-pyrrole nitrogens is 1. The number of nitrogens with zero attached hydrogens (tertiary/aromatic N) is 3. The zero-order valence-corrected chi connectivity index (χ0v) is 20.5. The van der Waals surface area contributed by atoms with E-state index in [1.807, 2.05) is 48.7 Å². The van der Waals surface area contributed by atoms with Crippen molar-refractivity contribution >= 4 is 22.6 Å². The first-order valence-corrected chi connectivity index (χ1v) is 12.1. The van der Waals surface area contributed by atoms with E-state index in [9.17, 15) is 9.90 Å². The molecule has 2 aromatic carbocycles. The second kappa shape index (κ2) is 10.4. The Kier molecular flexibility index (Phi) is 6.88. The molecular weight excluding hydrogens is 454 g/mol. The predicted octanol–water partition coefficient (Wildman–Crippen LogP) is 3.46. The van der Waals surface area contributed by atoms with Crippen LogP contribution in [0.5, 0.6) is 0 Å². The summed E-state index contributed by atoms with van der Waals surface area (Å²) in [5.41, 5.74) is 6.58. The van der Waals surface area contributed by atoms with E-state index in [-0.39, 0.29) is 12.5 Å². The molecule has 2 aromatic heterocycles. The van der Waals surface area contributed by atoms with Crippen LogP contribution >= 0.6 is 0 Å². The Balaban J connectivity index is 1.37. The van der Waals surface area contributed by atoms with Crippen LogP contribution in [0.4, 0.5) is 0 Å². The molecule has 0 saturated carbocycles. The molecule has 0 fully saturated rings. The monoisotopic (exact) mass is 485 g/mol. The maximum absolute atomic E-state index is 13.1. The van der Waals surface area contributed by atoms with Gasteiger partial charge in [-0.2, -0.15) is 5.10 Å². The lowest BCUT2D eigenvalue weighted by Crippen LogP contribution is -2.32. The smallest absolute Gasteiger partial charge is 0.272 e. The van der Waals surface area contributed by atoms with E-state index in [1.165, 1.54) is 5.56 Å². The molecule has 4 aromatic rings. The molecule has 0 atom stereocenters. The van der Waals surface area contributed by atoms with E-state index >= 15 is 0 Å². The number of benzene rings is 2. The normalized spacial score (nSPS) is 13.5. The Morgan fingerprint density at radius 2 is 2.06 bits per heavy atom. The SMILES string of the molecule is C=C(OC)c1cccc2c(CN3CCc4c(c(C(=O)NCc5ccccc5)nn4CCO)C3)c[nH]c12. The lowest BCUT2D eigenvalue weighted by molar-refractivity contribution is 0.0942. The summed E-state index contributed by atoms with van der Waals surface area (Å²) < 4.78 is 7.15. The van der Waals surface area contributed by atoms with Gasteiger partial charge in [0.1, 0.15) is 5.76 Å². The predicted molar refractivity (Wildman–Crippen MR) is 139 cm³/mol.